The van der Waals surface area contributed by atoms with Crippen LogP contribution < -0.4 is 20.9 Å². The molecule has 3 nitrogen and oxygen atoms in total. The Balaban J connectivity index is 1.27. The SMILES string of the molecule is Cc1cc2c3c(c1)N(c1ccc(C(C)(C)C)cc1-c1ccccc1)c1c(oc4ccc(C(C)(C)C)cc14)B3C1=C(CC3C(=C1)C(C)(C)CCC3(C)C)N2c1ccc2c(c1)C(C)(C)CCC2(C)C. The molecular weight excluding hydrogens is 812 g/mol. The molecule has 11 rings (SSSR count). The van der Waals surface area contributed by atoms with Crippen molar-refractivity contribution in [2.45, 2.75) is 158 Å². The molecule has 0 radical (unpaired) electrons. The van der Waals surface area contributed by atoms with Crippen LogP contribution in [0.15, 0.2) is 124 Å². The van der Waals surface area contributed by atoms with Gasteiger partial charge in [-0.2, -0.15) is 0 Å². The number of fused-ring (bicyclic) bond motifs is 7. The summed E-state index contributed by atoms with van der Waals surface area (Å²) in [7, 11) is 0. The van der Waals surface area contributed by atoms with E-state index in [1.54, 1.807) is 5.57 Å². The minimum atomic E-state index is -0.0788. The highest BCUT2D eigenvalue weighted by Gasteiger charge is 2.53. The quantitative estimate of drug-likeness (QED) is 0.165. The minimum Gasteiger partial charge on any atom is -0.468 e. The number of hydrogen-bond acceptors (Lipinski definition) is 3. The largest absolute Gasteiger partial charge is 0.468 e. The molecule has 4 heteroatoms. The van der Waals surface area contributed by atoms with Crippen molar-refractivity contribution >= 4 is 57.2 Å². The zero-order valence-corrected chi connectivity index (χ0v) is 43.3. The third-order valence-electron chi connectivity index (χ3n) is 17.5. The summed E-state index contributed by atoms with van der Waals surface area (Å²) >= 11 is 0. The summed E-state index contributed by atoms with van der Waals surface area (Å²) in [5.41, 5.74) is 23.8. The van der Waals surface area contributed by atoms with Crippen LogP contribution in [0.3, 0.4) is 0 Å². The lowest BCUT2D eigenvalue weighted by Crippen LogP contribution is -2.57. The van der Waals surface area contributed by atoms with Gasteiger partial charge in [0.15, 0.2) is 0 Å². The highest BCUT2D eigenvalue weighted by molar-refractivity contribution is 6.95. The van der Waals surface area contributed by atoms with Gasteiger partial charge in [0, 0.05) is 33.7 Å². The number of aryl methyl sites for hydroxylation is 1. The number of nitrogens with zero attached hydrogens (tertiary/aromatic N) is 2. The molecule has 1 atom stereocenters. The third-order valence-corrected chi connectivity index (χ3v) is 17.5. The molecule has 5 aliphatic rings. The van der Waals surface area contributed by atoms with Gasteiger partial charge in [0.25, 0.3) is 6.71 Å². The van der Waals surface area contributed by atoms with Crippen molar-refractivity contribution in [1.29, 1.82) is 0 Å². The van der Waals surface area contributed by atoms with Crippen LogP contribution in [0.4, 0.5) is 28.4 Å². The lowest BCUT2D eigenvalue weighted by Gasteiger charge is -2.53. The van der Waals surface area contributed by atoms with Crippen molar-refractivity contribution in [1.82, 2.24) is 0 Å². The van der Waals surface area contributed by atoms with Crippen LogP contribution in [0.2, 0.25) is 0 Å². The predicted octanol–water partition coefficient (Wildman–Crippen LogP) is 16.5. The van der Waals surface area contributed by atoms with Crippen LogP contribution in [0.1, 0.15) is 157 Å². The third kappa shape index (κ3) is 6.80. The standard InChI is InChI=1S/C63H73BN2O/c1-38-31-52-55-53(32-38)66(50-25-21-40(58(2,3)4)33-43(50)39-19-17-16-18-20-39)56-44-34-41(59(5,6)7)22-26-54(44)67-57(56)64(55)49-36-47-48(63(14,15)30-29-62(47,12)13)37-51(49)65(52)42-23-24-45-46(35-42)61(10,11)28-27-60(45,8)9/h16-26,31-36,48H,27-30,37H2,1-15H3. The minimum absolute atomic E-state index is 0.0253. The number of benzene rings is 5. The monoisotopic (exact) mass is 885 g/mol. The van der Waals surface area contributed by atoms with Gasteiger partial charge >= 0.3 is 0 Å². The Labute approximate surface area is 402 Å². The first-order chi connectivity index (χ1) is 31.4. The molecule has 0 spiro atoms. The van der Waals surface area contributed by atoms with Crippen LogP contribution in [-0.4, -0.2) is 6.71 Å². The Morgan fingerprint density at radius 2 is 1.24 bits per heavy atom. The van der Waals surface area contributed by atoms with E-state index < -0.39 is 0 Å². The fourth-order valence-electron chi connectivity index (χ4n) is 13.0. The Bertz CT molecular complexity index is 3100. The molecule has 0 saturated heterocycles. The zero-order valence-electron chi connectivity index (χ0n) is 43.3. The normalized spacial score (nSPS) is 21.0. The molecule has 0 N–H and O–H groups in total. The van der Waals surface area contributed by atoms with E-state index in [0.717, 1.165) is 17.7 Å². The van der Waals surface area contributed by atoms with E-state index in [0.29, 0.717) is 5.92 Å². The second kappa shape index (κ2) is 14.4. The van der Waals surface area contributed by atoms with Gasteiger partial charge in [-0.3, -0.25) is 0 Å². The highest BCUT2D eigenvalue weighted by Crippen LogP contribution is 2.60. The van der Waals surface area contributed by atoms with Crippen molar-refractivity contribution in [3.63, 3.8) is 0 Å². The highest BCUT2D eigenvalue weighted by atomic mass is 16.3. The molecule has 0 amide bonds. The number of rotatable bonds is 3. The lowest BCUT2D eigenvalue weighted by molar-refractivity contribution is 0.121. The summed E-state index contributed by atoms with van der Waals surface area (Å²) < 4.78 is 7.53. The maximum Gasteiger partial charge on any atom is 0.296 e. The topological polar surface area (TPSA) is 19.6 Å². The first-order valence-electron chi connectivity index (χ1n) is 25.5. The van der Waals surface area contributed by atoms with E-state index in [4.69, 9.17) is 4.42 Å². The average molecular weight is 885 g/mol. The van der Waals surface area contributed by atoms with Gasteiger partial charge in [0.1, 0.15) is 5.58 Å². The maximum absolute atomic E-state index is 7.53. The molecule has 6 aromatic rings. The first kappa shape index (κ1) is 44.3. The summed E-state index contributed by atoms with van der Waals surface area (Å²) in [6.45, 7) is 36.2. The average Bonchev–Trinajstić information content (AvgIpc) is 3.64. The lowest BCUT2D eigenvalue weighted by atomic mass is 9.33. The number of allylic oxidation sites excluding steroid dienone is 4. The molecule has 3 heterocycles. The van der Waals surface area contributed by atoms with Gasteiger partial charge in [-0.05, 0) is 170 Å². The van der Waals surface area contributed by atoms with Crippen molar-refractivity contribution in [2.24, 2.45) is 16.7 Å². The van der Waals surface area contributed by atoms with E-state index in [1.165, 1.54) is 115 Å². The second-order valence-corrected chi connectivity index (χ2v) is 26.1. The summed E-state index contributed by atoms with van der Waals surface area (Å²) in [5, 5.41) is 1.18. The molecule has 0 bridgehead atoms. The van der Waals surface area contributed by atoms with E-state index in [9.17, 15) is 0 Å². The van der Waals surface area contributed by atoms with Crippen LogP contribution in [-0.2, 0) is 21.7 Å². The van der Waals surface area contributed by atoms with E-state index in [-0.39, 0.29) is 39.2 Å². The molecule has 1 saturated carbocycles. The molecule has 5 aromatic carbocycles. The Hall–Kier alpha value is -5.22. The van der Waals surface area contributed by atoms with Gasteiger partial charge < -0.3 is 14.2 Å². The van der Waals surface area contributed by atoms with Crippen molar-refractivity contribution in [3.8, 4) is 11.1 Å². The van der Waals surface area contributed by atoms with Crippen LogP contribution in [0.5, 0.6) is 0 Å². The molecule has 344 valence electrons. The molecular formula is C63H73BN2O. The number of furan rings is 1. The Morgan fingerprint density at radius 1 is 0.612 bits per heavy atom. The predicted molar refractivity (Wildman–Crippen MR) is 287 cm³/mol. The smallest absolute Gasteiger partial charge is 0.296 e. The fourth-order valence-corrected chi connectivity index (χ4v) is 13.0. The maximum atomic E-state index is 7.53. The van der Waals surface area contributed by atoms with Gasteiger partial charge in [0.05, 0.1) is 17.0 Å². The molecule has 67 heavy (non-hydrogen) atoms. The zero-order chi connectivity index (χ0) is 47.5. The summed E-state index contributed by atoms with van der Waals surface area (Å²) in [6.07, 6.45) is 8.52. The van der Waals surface area contributed by atoms with Crippen LogP contribution in [0, 0.1) is 23.7 Å². The molecule has 1 fully saturated rings. The van der Waals surface area contributed by atoms with E-state index >= 15 is 0 Å². The first-order valence-corrected chi connectivity index (χ1v) is 25.5. The molecule has 1 unspecified atom stereocenters. The van der Waals surface area contributed by atoms with E-state index in [2.05, 4.69) is 217 Å². The van der Waals surface area contributed by atoms with E-state index in [1.807, 2.05) is 0 Å². The Kier molecular flexibility index (Phi) is 9.53. The molecule has 1 aromatic heterocycles. The number of hydrogen-bond donors (Lipinski definition) is 0. The van der Waals surface area contributed by atoms with Crippen molar-refractivity contribution < 1.29 is 4.42 Å². The summed E-state index contributed by atoms with van der Waals surface area (Å²) in [5.74, 6) is 0.440. The van der Waals surface area contributed by atoms with Crippen molar-refractivity contribution in [3.05, 3.63) is 148 Å². The summed E-state index contributed by atoms with van der Waals surface area (Å²) in [6, 6.07) is 37.9. The van der Waals surface area contributed by atoms with Gasteiger partial charge in [-0.1, -0.05) is 157 Å². The number of anilines is 5. The van der Waals surface area contributed by atoms with Crippen LogP contribution in [0.25, 0.3) is 22.1 Å². The van der Waals surface area contributed by atoms with Gasteiger partial charge in [-0.15, -0.1) is 0 Å². The van der Waals surface area contributed by atoms with Gasteiger partial charge in [0.2, 0.25) is 0 Å². The van der Waals surface area contributed by atoms with Crippen molar-refractivity contribution in [2.75, 3.05) is 9.80 Å². The Morgan fingerprint density at radius 3 is 1.93 bits per heavy atom. The fraction of sp³-hybridized carbons (Fsp3) is 0.429. The summed E-state index contributed by atoms with van der Waals surface area (Å²) in [4.78, 5) is 5.37. The van der Waals surface area contributed by atoms with Crippen LogP contribution >= 0.6 is 0 Å². The molecule has 3 aliphatic carbocycles. The molecule has 2 aliphatic heterocycles. The second-order valence-electron chi connectivity index (χ2n) is 26.1. The van der Waals surface area contributed by atoms with Gasteiger partial charge in [-0.25, -0.2) is 0 Å².